The molecular formula is C26H28N6O6. The van der Waals surface area contributed by atoms with Crippen LogP contribution >= 0.6 is 0 Å². The lowest BCUT2D eigenvalue weighted by Crippen LogP contribution is -2.40. The molecule has 2 fully saturated rings. The molecule has 0 bridgehead atoms. The first-order chi connectivity index (χ1) is 18.4. The largest absolute Gasteiger partial charge is 0.486 e. The summed E-state index contributed by atoms with van der Waals surface area (Å²) in [6.45, 7) is 5.77. The Morgan fingerprint density at radius 1 is 1.32 bits per heavy atom. The van der Waals surface area contributed by atoms with Gasteiger partial charge in [0, 0.05) is 24.1 Å². The van der Waals surface area contributed by atoms with Crippen molar-refractivity contribution < 1.29 is 28.6 Å². The topological polar surface area (TPSA) is 147 Å². The molecule has 1 N–H and O–H groups in total. The van der Waals surface area contributed by atoms with Crippen molar-refractivity contribution in [3.05, 3.63) is 40.7 Å². The third kappa shape index (κ3) is 4.97. The zero-order chi connectivity index (χ0) is 26.8. The van der Waals surface area contributed by atoms with Crippen LogP contribution in [0.5, 0.6) is 5.75 Å². The number of hydrogen-bond acceptors (Lipinski definition) is 9. The number of nitriles is 1. The van der Waals surface area contributed by atoms with Crippen molar-refractivity contribution in [2.75, 3.05) is 36.6 Å². The molecule has 2 saturated heterocycles. The van der Waals surface area contributed by atoms with Crippen LogP contribution in [0.2, 0.25) is 0 Å². The van der Waals surface area contributed by atoms with E-state index in [2.05, 4.69) is 21.4 Å². The first kappa shape index (κ1) is 25.4. The summed E-state index contributed by atoms with van der Waals surface area (Å²) in [7, 11) is 0. The number of hydrogen-bond donors (Lipinski definition) is 1. The van der Waals surface area contributed by atoms with Crippen LogP contribution in [0.15, 0.2) is 18.3 Å². The highest BCUT2D eigenvalue weighted by Crippen LogP contribution is 2.30. The predicted octanol–water partition coefficient (Wildman–Crippen LogP) is 2.90. The second-order valence-electron chi connectivity index (χ2n) is 9.72. The molecule has 0 spiro atoms. The molecule has 2 aromatic rings. The maximum absolute atomic E-state index is 13.3. The van der Waals surface area contributed by atoms with Gasteiger partial charge < -0.3 is 14.2 Å². The second-order valence-corrected chi connectivity index (χ2v) is 9.72. The monoisotopic (exact) mass is 520 g/mol. The summed E-state index contributed by atoms with van der Waals surface area (Å²) < 4.78 is 16.5. The number of amides is 3. The van der Waals surface area contributed by atoms with E-state index in [1.807, 2.05) is 19.9 Å². The number of pyridine rings is 2. The van der Waals surface area contributed by atoms with Crippen LogP contribution in [0.25, 0.3) is 0 Å². The number of fused-ring (bicyclic) bond motifs is 1. The highest BCUT2D eigenvalue weighted by molar-refractivity contribution is 6.01. The zero-order valence-corrected chi connectivity index (χ0v) is 21.2. The van der Waals surface area contributed by atoms with Crippen LogP contribution in [-0.2, 0) is 22.4 Å². The third-order valence-electron chi connectivity index (χ3n) is 6.98. The molecule has 5 rings (SSSR count). The lowest BCUT2D eigenvalue weighted by Gasteiger charge is -2.29. The van der Waals surface area contributed by atoms with Gasteiger partial charge in [0.1, 0.15) is 47.4 Å². The van der Waals surface area contributed by atoms with E-state index in [0.717, 1.165) is 5.56 Å². The van der Waals surface area contributed by atoms with E-state index in [-0.39, 0.29) is 41.7 Å². The van der Waals surface area contributed by atoms with E-state index in [9.17, 15) is 19.6 Å². The summed E-state index contributed by atoms with van der Waals surface area (Å²) >= 11 is 0. The van der Waals surface area contributed by atoms with Crippen LogP contribution < -0.4 is 15.0 Å². The van der Waals surface area contributed by atoms with Gasteiger partial charge in [0.15, 0.2) is 6.29 Å². The van der Waals surface area contributed by atoms with Crippen LogP contribution in [0, 0.1) is 17.2 Å². The van der Waals surface area contributed by atoms with Gasteiger partial charge in [-0.2, -0.15) is 5.26 Å². The minimum Gasteiger partial charge on any atom is -0.486 e. The number of nitrogens with one attached hydrogen (secondary N) is 1. The number of aldehydes is 1. The van der Waals surface area contributed by atoms with Crippen molar-refractivity contribution in [3.8, 4) is 11.8 Å². The number of nitrogens with zero attached hydrogens (tertiary/aromatic N) is 5. The summed E-state index contributed by atoms with van der Waals surface area (Å²) in [4.78, 5) is 49.0. The van der Waals surface area contributed by atoms with Crippen LogP contribution in [0.3, 0.4) is 0 Å². The molecule has 12 heteroatoms. The van der Waals surface area contributed by atoms with Crippen LogP contribution in [-0.4, -0.2) is 71.8 Å². The normalized spacial score (nSPS) is 22.4. The Morgan fingerprint density at radius 2 is 2.16 bits per heavy atom. The van der Waals surface area contributed by atoms with E-state index in [1.165, 1.54) is 17.2 Å². The molecule has 1 unspecified atom stereocenters. The molecule has 38 heavy (non-hydrogen) atoms. The molecule has 3 aliphatic rings. The zero-order valence-electron chi connectivity index (χ0n) is 21.2. The van der Waals surface area contributed by atoms with Gasteiger partial charge in [0.05, 0.1) is 32.0 Å². The molecule has 3 amide bonds. The van der Waals surface area contributed by atoms with E-state index < -0.39 is 12.1 Å². The molecule has 3 atom stereocenters. The van der Waals surface area contributed by atoms with Crippen molar-refractivity contribution >= 4 is 30.0 Å². The molecule has 0 saturated carbocycles. The molecule has 0 radical (unpaired) electrons. The van der Waals surface area contributed by atoms with Gasteiger partial charge in [-0.1, -0.05) is 6.92 Å². The molecule has 3 aliphatic heterocycles. The summed E-state index contributed by atoms with van der Waals surface area (Å²) in [5, 5.41) is 12.2. The first-order valence-corrected chi connectivity index (χ1v) is 12.5. The molecule has 198 valence electrons. The quantitative estimate of drug-likeness (QED) is 0.568. The van der Waals surface area contributed by atoms with Gasteiger partial charge >= 0.3 is 12.1 Å². The molecule has 12 nitrogen and oxygen atoms in total. The van der Waals surface area contributed by atoms with Gasteiger partial charge in [-0.05, 0) is 31.4 Å². The average molecular weight is 521 g/mol. The van der Waals surface area contributed by atoms with Crippen molar-refractivity contribution in [3.63, 3.8) is 0 Å². The van der Waals surface area contributed by atoms with Gasteiger partial charge in [-0.3, -0.25) is 19.9 Å². The number of ether oxygens (including phenoxy) is 3. The number of rotatable bonds is 6. The highest BCUT2D eigenvalue weighted by Gasteiger charge is 2.32. The fourth-order valence-electron chi connectivity index (χ4n) is 4.75. The fourth-order valence-corrected chi connectivity index (χ4v) is 4.75. The van der Waals surface area contributed by atoms with Crippen molar-refractivity contribution in [1.82, 2.24) is 14.9 Å². The maximum atomic E-state index is 13.3. The number of carbonyl (C=O) groups excluding carboxylic acids is 3. The molecule has 5 heterocycles. The molecule has 0 aliphatic carbocycles. The third-order valence-corrected chi connectivity index (χ3v) is 6.98. The number of anilines is 2. The number of aromatic nitrogens is 2. The number of aryl methyl sites for hydroxylation is 1. The maximum Gasteiger partial charge on any atom is 0.410 e. The summed E-state index contributed by atoms with van der Waals surface area (Å²) in [6.07, 6.45) is 2.72. The minimum absolute atomic E-state index is 0.112. The average Bonchev–Trinajstić information content (AvgIpc) is 3.47. The fraction of sp³-hybridized carbons (Fsp3) is 0.462. The SMILES string of the molecule is C[C@H]1COCC1Oc1cc(NC(=O)N2CCCc3cc(CN4C(=O)OC[C@@H]4C)c(C=O)nc32)ncc1C#N. The van der Waals surface area contributed by atoms with Crippen molar-refractivity contribution in [1.29, 1.82) is 5.26 Å². The van der Waals surface area contributed by atoms with Crippen LogP contribution in [0.4, 0.5) is 21.2 Å². The van der Waals surface area contributed by atoms with E-state index >= 15 is 0 Å². The van der Waals surface area contributed by atoms with Crippen molar-refractivity contribution in [2.45, 2.75) is 45.4 Å². The number of cyclic esters (lactones) is 1. The lowest BCUT2D eigenvalue weighted by molar-refractivity contribution is 0.111. The Hall–Kier alpha value is -4.24. The number of carbonyl (C=O) groups is 3. The second kappa shape index (κ2) is 10.6. The Morgan fingerprint density at radius 3 is 2.84 bits per heavy atom. The van der Waals surface area contributed by atoms with Crippen molar-refractivity contribution in [2.24, 2.45) is 5.92 Å². The Kier molecular flexibility index (Phi) is 7.11. The molecule has 2 aromatic heterocycles. The Bertz CT molecular complexity index is 1310. The number of urea groups is 1. The smallest absolute Gasteiger partial charge is 0.410 e. The van der Waals surface area contributed by atoms with Crippen LogP contribution in [0.1, 0.15) is 47.4 Å². The van der Waals surface area contributed by atoms with Gasteiger partial charge in [-0.25, -0.2) is 19.6 Å². The van der Waals surface area contributed by atoms with Gasteiger partial charge in [0.25, 0.3) is 0 Å². The van der Waals surface area contributed by atoms with Gasteiger partial charge in [-0.15, -0.1) is 0 Å². The minimum atomic E-state index is -0.472. The van der Waals surface area contributed by atoms with E-state index in [0.29, 0.717) is 62.6 Å². The predicted molar refractivity (Wildman–Crippen MR) is 134 cm³/mol. The lowest BCUT2D eigenvalue weighted by atomic mass is 10.0. The molecule has 0 aromatic carbocycles. The summed E-state index contributed by atoms with van der Waals surface area (Å²) in [6, 6.07) is 4.84. The molecular weight excluding hydrogens is 492 g/mol. The Balaban J connectivity index is 1.36. The summed E-state index contributed by atoms with van der Waals surface area (Å²) in [5.41, 5.74) is 1.83. The van der Waals surface area contributed by atoms with E-state index in [4.69, 9.17) is 14.2 Å². The van der Waals surface area contributed by atoms with E-state index in [1.54, 1.807) is 4.90 Å². The Labute approximate surface area is 219 Å². The first-order valence-electron chi connectivity index (χ1n) is 12.5. The highest BCUT2D eigenvalue weighted by atomic mass is 16.6. The standard InChI is InChI=1S/C26H28N6O6/c1-15-12-36-14-22(15)38-21-7-23(28-9-19(21)8-27)30-25(34)31-5-3-4-17-6-18(20(11-33)29-24(17)31)10-32-16(2)13-37-26(32)35/h6-7,9,11,15-16,22H,3-5,10,12-14H2,1-2H3,(H,28,30,34)/t15-,16-,22?/m0/s1. The summed E-state index contributed by atoms with van der Waals surface area (Å²) in [5.74, 6) is 1.09. The van der Waals surface area contributed by atoms with Gasteiger partial charge in [0.2, 0.25) is 0 Å².